The molecule has 0 aliphatic carbocycles. The highest BCUT2D eigenvalue weighted by molar-refractivity contribution is 7.99. The summed E-state index contributed by atoms with van der Waals surface area (Å²) in [6.07, 6.45) is 0. The second-order valence-corrected chi connectivity index (χ2v) is 6.55. The number of nitriles is 1. The number of nitrogens with one attached hydrogen (secondary N) is 1. The van der Waals surface area contributed by atoms with Crippen molar-refractivity contribution in [3.63, 3.8) is 0 Å². The van der Waals surface area contributed by atoms with E-state index in [0.29, 0.717) is 5.89 Å². The van der Waals surface area contributed by atoms with Crippen LogP contribution in [0.15, 0.2) is 52.1 Å². The molecule has 1 amide bonds. The molecule has 10 heteroatoms. The van der Waals surface area contributed by atoms with Gasteiger partial charge in [0.15, 0.2) is 0 Å². The number of hydrogen-bond acceptors (Lipinski definition) is 8. The van der Waals surface area contributed by atoms with Gasteiger partial charge in [0, 0.05) is 17.7 Å². The first-order chi connectivity index (χ1) is 13.5. The summed E-state index contributed by atoms with van der Waals surface area (Å²) in [6, 6.07) is 13.0. The third kappa shape index (κ3) is 4.33. The molecule has 1 N–H and O–H groups in total. The Bertz CT molecular complexity index is 1090. The summed E-state index contributed by atoms with van der Waals surface area (Å²) in [5, 5.41) is 30.6. The van der Waals surface area contributed by atoms with Crippen molar-refractivity contribution in [1.29, 1.82) is 5.26 Å². The van der Waals surface area contributed by atoms with E-state index in [9.17, 15) is 14.9 Å². The number of benzene rings is 2. The van der Waals surface area contributed by atoms with Gasteiger partial charge >= 0.3 is 0 Å². The number of nitro benzene ring substituents is 1. The van der Waals surface area contributed by atoms with Crippen LogP contribution in [0.1, 0.15) is 11.1 Å². The zero-order valence-electron chi connectivity index (χ0n) is 14.6. The largest absolute Gasteiger partial charge is 0.411 e. The van der Waals surface area contributed by atoms with Crippen LogP contribution < -0.4 is 5.32 Å². The Morgan fingerprint density at radius 2 is 2.11 bits per heavy atom. The first-order valence-electron chi connectivity index (χ1n) is 7.98. The predicted molar refractivity (Wildman–Crippen MR) is 102 cm³/mol. The van der Waals surface area contributed by atoms with Gasteiger partial charge in [0.05, 0.1) is 21.9 Å². The fourth-order valence-electron chi connectivity index (χ4n) is 2.35. The highest BCUT2D eigenvalue weighted by Crippen LogP contribution is 2.26. The number of nitrogens with zero attached hydrogens (tertiary/aromatic N) is 4. The lowest BCUT2D eigenvalue weighted by atomic mass is 10.1. The van der Waals surface area contributed by atoms with E-state index in [1.54, 1.807) is 0 Å². The molecule has 0 bridgehead atoms. The predicted octanol–water partition coefficient (Wildman–Crippen LogP) is 3.56. The molecule has 1 aromatic heterocycles. The summed E-state index contributed by atoms with van der Waals surface area (Å²) in [6.45, 7) is 1.93. The quantitative estimate of drug-likeness (QED) is 0.380. The van der Waals surface area contributed by atoms with Gasteiger partial charge in [-0.05, 0) is 24.6 Å². The van der Waals surface area contributed by atoms with Crippen LogP contribution in [0.3, 0.4) is 0 Å². The minimum atomic E-state index is -0.607. The Kier molecular flexibility index (Phi) is 5.67. The van der Waals surface area contributed by atoms with Crippen molar-refractivity contribution < 1.29 is 14.1 Å². The van der Waals surface area contributed by atoms with Crippen molar-refractivity contribution in [2.24, 2.45) is 0 Å². The van der Waals surface area contributed by atoms with Crippen LogP contribution in [-0.4, -0.2) is 26.8 Å². The molecule has 0 unspecified atom stereocenters. The molecule has 0 saturated carbocycles. The molecule has 1 heterocycles. The van der Waals surface area contributed by atoms with Gasteiger partial charge < -0.3 is 9.73 Å². The smallest absolute Gasteiger partial charge is 0.277 e. The summed E-state index contributed by atoms with van der Waals surface area (Å²) in [5.74, 6) is -0.0776. The summed E-state index contributed by atoms with van der Waals surface area (Å²) < 4.78 is 5.57. The Morgan fingerprint density at radius 3 is 2.82 bits per heavy atom. The Labute approximate surface area is 163 Å². The first-order valence-corrected chi connectivity index (χ1v) is 8.97. The number of carbonyl (C=O) groups excluding carboxylic acids is 1. The number of thioether (sulfide) groups is 1. The van der Waals surface area contributed by atoms with Gasteiger partial charge in [-0.3, -0.25) is 14.9 Å². The molecule has 0 aliphatic rings. The van der Waals surface area contributed by atoms with Gasteiger partial charge in [0.25, 0.3) is 10.9 Å². The van der Waals surface area contributed by atoms with E-state index in [-0.39, 0.29) is 27.9 Å². The number of hydrogen-bond donors (Lipinski definition) is 1. The molecule has 140 valence electrons. The van der Waals surface area contributed by atoms with Gasteiger partial charge in [-0.2, -0.15) is 5.26 Å². The SMILES string of the molecule is Cc1ccccc1-c1nnc(SCC(=O)Nc2ccc([N+](=O)[O-])cc2C#N)o1. The van der Waals surface area contributed by atoms with Gasteiger partial charge in [-0.15, -0.1) is 10.2 Å². The molecule has 0 saturated heterocycles. The van der Waals surface area contributed by atoms with Gasteiger partial charge in [0.2, 0.25) is 11.8 Å². The second kappa shape index (κ2) is 8.32. The zero-order chi connectivity index (χ0) is 20.1. The average Bonchev–Trinajstić information content (AvgIpc) is 3.15. The van der Waals surface area contributed by atoms with E-state index in [2.05, 4.69) is 15.5 Å². The van der Waals surface area contributed by atoms with Crippen LogP contribution in [0.5, 0.6) is 0 Å². The van der Waals surface area contributed by atoms with E-state index >= 15 is 0 Å². The van der Waals surface area contributed by atoms with Crippen LogP contribution in [-0.2, 0) is 4.79 Å². The molecule has 3 rings (SSSR count). The normalized spacial score (nSPS) is 10.3. The van der Waals surface area contributed by atoms with E-state index < -0.39 is 10.8 Å². The Morgan fingerprint density at radius 1 is 1.32 bits per heavy atom. The van der Waals surface area contributed by atoms with Crippen LogP contribution in [0.2, 0.25) is 0 Å². The van der Waals surface area contributed by atoms with Crippen molar-refractivity contribution in [3.05, 3.63) is 63.7 Å². The highest BCUT2D eigenvalue weighted by atomic mass is 32.2. The fraction of sp³-hybridized carbons (Fsp3) is 0.111. The lowest BCUT2D eigenvalue weighted by Crippen LogP contribution is -2.15. The van der Waals surface area contributed by atoms with E-state index in [1.165, 1.54) is 12.1 Å². The molecule has 0 radical (unpaired) electrons. The Hall–Kier alpha value is -3.71. The van der Waals surface area contributed by atoms with Gasteiger partial charge in [-0.1, -0.05) is 30.0 Å². The van der Waals surface area contributed by atoms with Crippen LogP contribution >= 0.6 is 11.8 Å². The molecule has 0 spiro atoms. The van der Waals surface area contributed by atoms with E-state index in [1.807, 2.05) is 37.3 Å². The van der Waals surface area contributed by atoms with Crippen molar-refractivity contribution in [2.75, 3.05) is 11.1 Å². The summed E-state index contributed by atoms with van der Waals surface area (Å²) >= 11 is 1.05. The Balaban J connectivity index is 1.63. The molecule has 0 fully saturated rings. The van der Waals surface area contributed by atoms with Crippen LogP contribution in [0.25, 0.3) is 11.5 Å². The fourth-order valence-corrected chi connectivity index (χ4v) is 2.91. The third-order valence-electron chi connectivity index (χ3n) is 3.72. The molecule has 9 nitrogen and oxygen atoms in total. The number of nitro groups is 1. The summed E-state index contributed by atoms with van der Waals surface area (Å²) in [4.78, 5) is 22.3. The average molecular weight is 395 g/mol. The standard InChI is InChI=1S/C18H13N5O4S/c1-11-4-2-3-5-14(11)17-21-22-18(27-17)28-10-16(24)20-15-7-6-13(23(25)26)8-12(15)9-19/h2-8H,10H2,1H3,(H,20,24). The summed E-state index contributed by atoms with van der Waals surface area (Å²) in [5.41, 5.74) is 1.79. The number of anilines is 1. The number of aryl methyl sites for hydroxylation is 1. The lowest BCUT2D eigenvalue weighted by molar-refractivity contribution is -0.384. The molecule has 28 heavy (non-hydrogen) atoms. The van der Waals surface area contributed by atoms with E-state index in [0.717, 1.165) is 29.0 Å². The lowest BCUT2D eigenvalue weighted by Gasteiger charge is -2.05. The van der Waals surface area contributed by atoms with Crippen LogP contribution in [0.4, 0.5) is 11.4 Å². The third-order valence-corrected chi connectivity index (χ3v) is 4.54. The molecular formula is C18H13N5O4S. The van der Waals surface area contributed by atoms with Gasteiger partial charge in [-0.25, -0.2) is 0 Å². The van der Waals surface area contributed by atoms with E-state index in [4.69, 9.17) is 9.68 Å². The number of rotatable bonds is 6. The molecular weight excluding hydrogens is 382 g/mol. The molecule has 2 aromatic carbocycles. The number of aromatic nitrogens is 2. The monoisotopic (exact) mass is 395 g/mol. The minimum Gasteiger partial charge on any atom is -0.411 e. The zero-order valence-corrected chi connectivity index (χ0v) is 15.4. The van der Waals surface area contributed by atoms with Crippen molar-refractivity contribution >= 4 is 29.0 Å². The number of carbonyl (C=O) groups is 1. The maximum Gasteiger partial charge on any atom is 0.277 e. The summed E-state index contributed by atoms with van der Waals surface area (Å²) in [7, 11) is 0. The molecule has 0 aliphatic heterocycles. The van der Waals surface area contributed by atoms with Crippen LogP contribution in [0, 0.1) is 28.4 Å². The topological polar surface area (TPSA) is 135 Å². The molecule has 0 atom stereocenters. The number of non-ortho nitro benzene ring substituents is 1. The maximum absolute atomic E-state index is 12.1. The maximum atomic E-state index is 12.1. The highest BCUT2D eigenvalue weighted by Gasteiger charge is 2.15. The molecule has 3 aromatic rings. The van der Waals surface area contributed by atoms with Crippen molar-refractivity contribution in [3.8, 4) is 17.5 Å². The minimum absolute atomic E-state index is 0.00665. The number of amides is 1. The van der Waals surface area contributed by atoms with Crippen molar-refractivity contribution in [2.45, 2.75) is 12.1 Å². The van der Waals surface area contributed by atoms with Gasteiger partial charge in [0.1, 0.15) is 6.07 Å². The second-order valence-electron chi connectivity index (χ2n) is 5.62. The van der Waals surface area contributed by atoms with Crippen molar-refractivity contribution in [1.82, 2.24) is 10.2 Å². The first kappa shape index (κ1) is 19.1.